The second-order valence-electron chi connectivity index (χ2n) is 6.61. The van der Waals surface area contributed by atoms with Crippen molar-refractivity contribution >= 4 is 5.97 Å². The van der Waals surface area contributed by atoms with E-state index in [9.17, 15) is 15.0 Å². The van der Waals surface area contributed by atoms with Gasteiger partial charge < -0.3 is 15.3 Å². The van der Waals surface area contributed by atoms with Crippen molar-refractivity contribution in [3.8, 4) is 0 Å². The predicted molar refractivity (Wildman–Crippen MR) is 103 cm³/mol. The summed E-state index contributed by atoms with van der Waals surface area (Å²) < 4.78 is 0. The number of aliphatic hydroxyl groups is 2. The molecule has 0 aromatic carbocycles. The molecule has 2 atom stereocenters. The van der Waals surface area contributed by atoms with Crippen LogP contribution in [0.1, 0.15) is 58.8 Å². The molecule has 4 heteroatoms. The first-order chi connectivity index (χ1) is 11.9. The fourth-order valence-electron chi connectivity index (χ4n) is 2.15. The van der Waals surface area contributed by atoms with E-state index in [1.54, 1.807) is 36.5 Å². The van der Waals surface area contributed by atoms with Gasteiger partial charge in [-0.2, -0.15) is 0 Å². The minimum Gasteiger partial charge on any atom is -0.481 e. The summed E-state index contributed by atoms with van der Waals surface area (Å²) in [5.74, 6) is -0.0983. The van der Waals surface area contributed by atoms with Crippen LogP contribution in [0, 0.1) is 5.92 Å². The van der Waals surface area contributed by atoms with E-state index in [4.69, 9.17) is 5.11 Å². The number of hydrogen-bond donors (Lipinski definition) is 3. The van der Waals surface area contributed by atoms with Crippen molar-refractivity contribution in [1.29, 1.82) is 0 Å². The quantitative estimate of drug-likeness (QED) is 0.246. The highest BCUT2D eigenvalue weighted by Gasteiger charge is 2.01. The molecule has 25 heavy (non-hydrogen) atoms. The van der Waals surface area contributed by atoms with Crippen molar-refractivity contribution in [2.75, 3.05) is 0 Å². The number of carboxylic acids is 1. The van der Waals surface area contributed by atoms with Crippen LogP contribution in [0.25, 0.3) is 0 Å². The van der Waals surface area contributed by atoms with Gasteiger partial charge in [0.2, 0.25) is 0 Å². The molecule has 0 aliphatic heterocycles. The molecule has 0 aromatic rings. The zero-order chi connectivity index (χ0) is 18.9. The van der Waals surface area contributed by atoms with Gasteiger partial charge in [-0.1, -0.05) is 68.9 Å². The third kappa shape index (κ3) is 18.5. The van der Waals surface area contributed by atoms with E-state index in [1.165, 1.54) is 12.8 Å². The summed E-state index contributed by atoms with van der Waals surface area (Å²) in [7, 11) is 0. The molecule has 0 bridgehead atoms. The average molecular weight is 350 g/mol. The molecule has 0 unspecified atom stereocenters. The Kier molecular flexibility index (Phi) is 14.8. The van der Waals surface area contributed by atoms with Crippen LogP contribution in [-0.2, 0) is 4.79 Å². The number of aliphatic carboxylic acids is 1. The van der Waals surface area contributed by atoms with E-state index in [0.29, 0.717) is 19.3 Å². The summed E-state index contributed by atoms with van der Waals surface area (Å²) in [6.45, 7) is 4.45. The van der Waals surface area contributed by atoms with E-state index in [2.05, 4.69) is 19.9 Å². The molecular formula is C21H34O4. The molecule has 0 fully saturated rings. The number of rotatable bonds is 14. The summed E-state index contributed by atoms with van der Waals surface area (Å²) >= 11 is 0. The van der Waals surface area contributed by atoms with E-state index in [0.717, 1.165) is 12.3 Å². The van der Waals surface area contributed by atoms with E-state index < -0.39 is 18.2 Å². The minimum atomic E-state index is -0.842. The van der Waals surface area contributed by atoms with Gasteiger partial charge in [-0.05, 0) is 38.0 Å². The summed E-state index contributed by atoms with van der Waals surface area (Å²) in [5, 5.41) is 27.9. The summed E-state index contributed by atoms with van der Waals surface area (Å²) in [4.78, 5) is 10.4. The summed E-state index contributed by atoms with van der Waals surface area (Å²) in [5.41, 5.74) is 0. The highest BCUT2D eigenvalue weighted by atomic mass is 16.4. The maximum absolute atomic E-state index is 10.4. The number of aliphatic hydroxyl groups excluding tert-OH is 2. The smallest absolute Gasteiger partial charge is 0.303 e. The van der Waals surface area contributed by atoms with Gasteiger partial charge in [-0.3, -0.25) is 4.79 Å². The van der Waals surface area contributed by atoms with Gasteiger partial charge in [-0.15, -0.1) is 0 Å². The predicted octanol–water partition coefficient (Wildman–Crippen LogP) is 4.40. The Hall–Kier alpha value is -1.65. The first kappa shape index (κ1) is 23.4. The molecule has 0 heterocycles. The van der Waals surface area contributed by atoms with Crippen molar-refractivity contribution in [3.05, 3.63) is 48.6 Å². The number of carbonyl (C=O) groups is 1. The van der Waals surface area contributed by atoms with Crippen molar-refractivity contribution in [1.82, 2.24) is 0 Å². The molecule has 0 aliphatic carbocycles. The molecule has 142 valence electrons. The standard InChI is InChI=1S/C21H34O4/c1-18(2)12-7-3-4-8-13-19(22)14-9-5-6-10-15-20(23)16-11-17-21(24)25/h4-6,8-10,14-15,18-20,22-23H,3,7,11-13,16-17H2,1-2H3,(H,24,25)/b6-5+,8-4-,14-9+,15-10-/t19-,20-/m1/s1. The zero-order valence-corrected chi connectivity index (χ0v) is 15.6. The third-order valence-electron chi connectivity index (χ3n) is 3.59. The van der Waals surface area contributed by atoms with Gasteiger partial charge in [0.15, 0.2) is 0 Å². The molecule has 0 radical (unpaired) electrons. The Morgan fingerprint density at radius 3 is 2.12 bits per heavy atom. The van der Waals surface area contributed by atoms with E-state index in [-0.39, 0.29) is 6.42 Å². The topological polar surface area (TPSA) is 77.8 Å². The van der Waals surface area contributed by atoms with Crippen molar-refractivity contribution < 1.29 is 20.1 Å². The molecule has 0 saturated carbocycles. The molecule has 0 amide bonds. The summed E-state index contributed by atoms with van der Waals surface area (Å²) in [6.07, 6.45) is 18.5. The van der Waals surface area contributed by atoms with Crippen LogP contribution in [0.3, 0.4) is 0 Å². The van der Waals surface area contributed by atoms with Crippen LogP contribution < -0.4 is 0 Å². The molecule has 0 rings (SSSR count). The minimum absolute atomic E-state index is 0.0769. The van der Waals surface area contributed by atoms with Crippen molar-refractivity contribution in [2.45, 2.75) is 71.0 Å². The van der Waals surface area contributed by atoms with E-state index >= 15 is 0 Å². The largest absolute Gasteiger partial charge is 0.481 e. The number of unbranched alkanes of at least 4 members (excludes halogenated alkanes) is 1. The van der Waals surface area contributed by atoms with Gasteiger partial charge in [0.05, 0.1) is 12.2 Å². The lowest BCUT2D eigenvalue weighted by Crippen LogP contribution is -2.03. The Bertz CT molecular complexity index is 447. The molecule has 4 nitrogen and oxygen atoms in total. The van der Waals surface area contributed by atoms with Crippen LogP contribution in [-0.4, -0.2) is 33.5 Å². The second-order valence-corrected chi connectivity index (χ2v) is 6.61. The lowest BCUT2D eigenvalue weighted by molar-refractivity contribution is -0.137. The maximum Gasteiger partial charge on any atom is 0.303 e. The van der Waals surface area contributed by atoms with Crippen molar-refractivity contribution in [3.63, 3.8) is 0 Å². The van der Waals surface area contributed by atoms with E-state index in [1.807, 2.05) is 6.08 Å². The van der Waals surface area contributed by atoms with Gasteiger partial charge >= 0.3 is 5.97 Å². The Labute approximate surface area is 152 Å². The molecule has 0 saturated heterocycles. The number of allylic oxidation sites excluding steroid dienone is 5. The first-order valence-corrected chi connectivity index (χ1v) is 9.16. The first-order valence-electron chi connectivity index (χ1n) is 9.16. The Balaban J connectivity index is 3.82. The van der Waals surface area contributed by atoms with Crippen LogP contribution in [0.15, 0.2) is 48.6 Å². The molecule has 0 aromatic heterocycles. The normalized spacial score (nSPS) is 15.2. The fraction of sp³-hybridized carbons (Fsp3) is 0.571. The molecule has 0 aliphatic rings. The fourth-order valence-corrected chi connectivity index (χ4v) is 2.15. The molecule has 3 N–H and O–H groups in total. The highest BCUT2D eigenvalue weighted by Crippen LogP contribution is 2.07. The third-order valence-corrected chi connectivity index (χ3v) is 3.59. The maximum atomic E-state index is 10.4. The number of hydrogen-bond acceptors (Lipinski definition) is 3. The van der Waals surface area contributed by atoms with Crippen LogP contribution in [0.4, 0.5) is 0 Å². The average Bonchev–Trinajstić information content (AvgIpc) is 2.53. The molecule has 0 spiro atoms. The number of carboxylic acid groups (broad SMARTS) is 1. The van der Waals surface area contributed by atoms with Gasteiger partial charge in [0.1, 0.15) is 0 Å². The van der Waals surface area contributed by atoms with Crippen LogP contribution >= 0.6 is 0 Å². The van der Waals surface area contributed by atoms with Crippen LogP contribution in [0.2, 0.25) is 0 Å². The highest BCUT2D eigenvalue weighted by molar-refractivity contribution is 5.66. The Morgan fingerprint density at radius 1 is 0.880 bits per heavy atom. The van der Waals surface area contributed by atoms with Crippen LogP contribution in [0.5, 0.6) is 0 Å². The lowest BCUT2D eigenvalue weighted by Gasteiger charge is -2.02. The lowest BCUT2D eigenvalue weighted by atomic mass is 10.1. The van der Waals surface area contributed by atoms with Gasteiger partial charge in [0, 0.05) is 6.42 Å². The zero-order valence-electron chi connectivity index (χ0n) is 15.6. The van der Waals surface area contributed by atoms with Crippen molar-refractivity contribution in [2.24, 2.45) is 5.92 Å². The summed E-state index contributed by atoms with van der Waals surface area (Å²) in [6, 6.07) is 0. The van der Waals surface area contributed by atoms with Gasteiger partial charge in [0.25, 0.3) is 0 Å². The second kappa shape index (κ2) is 15.9. The SMILES string of the molecule is CC(C)CCC/C=C\C[C@@H](O)/C=C/C=C/C=C\[C@@H](O)CCCC(=O)O. The van der Waals surface area contributed by atoms with Gasteiger partial charge in [-0.25, -0.2) is 0 Å². The monoisotopic (exact) mass is 350 g/mol. The molecular weight excluding hydrogens is 316 g/mol. The Morgan fingerprint density at radius 2 is 1.52 bits per heavy atom.